The molecule has 0 spiro atoms. The fourth-order valence-corrected chi connectivity index (χ4v) is 1.43. The van der Waals surface area contributed by atoms with Crippen molar-refractivity contribution in [2.75, 3.05) is 32.7 Å². The monoisotopic (exact) mass is 275 g/mol. The van der Waals surface area contributed by atoms with Crippen LogP contribution in [0.1, 0.15) is 10.4 Å². The van der Waals surface area contributed by atoms with Crippen LogP contribution in [0.15, 0.2) is 12.1 Å². The molecule has 0 aliphatic carbocycles. The smallest absolute Gasteiger partial charge is 0.340 e. The molecule has 2 N–H and O–H groups in total. The van der Waals surface area contributed by atoms with E-state index in [4.69, 9.17) is 4.74 Å². The molecule has 7 heteroatoms. The fraction of sp³-hybridized carbons (Fsp3) is 0.417. The molecule has 1 atom stereocenters. The van der Waals surface area contributed by atoms with Gasteiger partial charge in [-0.3, -0.25) is 0 Å². The summed E-state index contributed by atoms with van der Waals surface area (Å²) in [6.07, 6.45) is -0.854. The molecule has 1 aromatic rings. The summed E-state index contributed by atoms with van der Waals surface area (Å²) in [6.45, 7) is 0.0547. The van der Waals surface area contributed by atoms with Crippen LogP contribution in [0.4, 0.5) is 14.5 Å². The molecule has 106 valence electrons. The Kier molecular flexibility index (Phi) is 5.65. The molecule has 0 saturated heterocycles. The van der Waals surface area contributed by atoms with Gasteiger partial charge in [0, 0.05) is 13.7 Å². The number of benzene rings is 1. The highest BCUT2D eigenvalue weighted by atomic mass is 19.2. The minimum atomic E-state index is -1.29. The Morgan fingerprint density at radius 3 is 2.63 bits per heavy atom. The van der Waals surface area contributed by atoms with Crippen LogP contribution in [-0.4, -0.2) is 44.6 Å². The number of carbonyl (C=O) groups is 1. The van der Waals surface area contributed by atoms with Crippen molar-refractivity contribution in [3.05, 3.63) is 29.3 Å². The van der Waals surface area contributed by atoms with E-state index in [1.807, 2.05) is 0 Å². The Morgan fingerprint density at radius 1 is 1.37 bits per heavy atom. The van der Waals surface area contributed by atoms with Gasteiger partial charge in [0.1, 0.15) is 0 Å². The Labute approximate surface area is 109 Å². The van der Waals surface area contributed by atoms with E-state index in [9.17, 15) is 18.7 Å². The third-order valence-corrected chi connectivity index (χ3v) is 2.37. The topological polar surface area (TPSA) is 67.8 Å². The van der Waals surface area contributed by atoms with E-state index in [1.54, 1.807) is 0 Å². The van der Waals surface area contributed by atoms with Crippen molar-refractivity contribution in [3.8, 4) is 0 Å². The number of aliphatic hydroxyl groups excluding tert-OH is 1. The van der Waals surface area contributed by atoms with E-state index < -0.39 is 29.3 Å². The van der Waals surface area contributed by atoms with Gasteiger partial charge in [-0.05, 0) is 12.1 Å². The van der Waals surface area contributed by atoms with E-state index in [0.29, 0.717) is 0 Å². The van der Waals surface area contributed by atoms with Crippen LogP contribution in [0.3, 0.4) is 0 Å². The van der Waals surface area contributed by atoms with Gasteiger partial charge in [-0.15, -0.1) is 0 Å². The highest BCUT2D eigenvalue weighted by Crippen LogP contribution is 2.21. The zero-order valence-electron chi connectivity index (χ0n) is 10.6. The van der Waals surface area contributed by atoms with Crippen molar-refractivity contribution in [2.24, 2.45) is 0 Å². The maximum Gasteiger partial charge on any atom is 0.340 e. The Hall–Kier alpha value is -1.73. The molecule has 0 amide bonds. The molecule has 0 aromatic heterocycles. The van der Waals surface area contributed by atoms with E-state index in [1.165, 1.54) is 13.2 Å². The van der Waals surface area contributed by atoms with Gasteiger partial charge < -0.3 is 19.9 Å². The Bertz CT molecular complexity index is 454. The molecule has 19 heavy (non-hydrogen) atoms. The summed E-state index contributed by atoms with van der Waals surface area (Å²) in [5.74, 6) is -3.45. The van der Waals surface area contributed by atoms with Gasteiger partial charge in [0.15, 0.2) is 11.6 Å². The molecule has 0 radical (unpaired) electrons. The zero-order chi connectivity index (χ0) is 14.4. The first kappa shape index (κ1) is 15.3. The van der Waals surface area contributed by atoms with Crippen molar-refractivity contribution in [1.29, 1.82) is 0 Å². The van der Waals surface area contributed by atoms with Crippen LogP contribution in [0.2, 0.25) is 0 Å². The molecule has 1 aromatic carbocycles. The number of aliphatic hydroxyl groups is 1. The van der Waals surface area contributed by atoms with Crippen LogP contribution in [-0.2, 0) is 9.47 Å². The van der Waals surface area contributed by atoms with Crippen molar-refractivity contribution in [1.82, 2.24) is 0 Å². The first-order valence-corrected chi connectivity index (χ1v) is 5.48. The van der Waals surface area contributed by atoms with Crippen LogP contribution in [0, 0.1) is 11.6 Å². The summed E-state index contributed by atoms with van der Waals surface area (Å²) in [5.41, 5.74) is -0.636. The Balaban J connectivity index is 2.82. The van der Waals surface area contributed by atoms with Crippen LogP contribution >= 0.6 is 0 Å². The third-order valence-electron chi connectivity index (χ3n) is 2.37. The van der Waals surface area contributed by atoms with Crippen molar-refractivity contribution in [2.45, 2.75) is 6.10 Å². The second-order valence-electron chi connectivity index (χ2n) is 3.77. The predicted octanol–water partition coefficient (Wildman–Crippen LogP) is 1.17. The van der Waals surface area contributed by atoms with Crippen LogP contribution in [0.25, 0.3) is 0 Å². The van der Waals surface area contributed by atoms with Gasteiger partial charge >= 0.3 is 5.97 Å². The summed E-state index contributed by atoms with van der Waals surface area (Å²) in [6, 6.07) is 2.31. The molecule has 1 rings (SSSR count). The lowest BCUT2D eigenvalue weighted by Gasteiger charge is -2.13. The van der Waals surface area contributed by atoms with Crippen molar-refractivity contribution in [3.63, 3.8) is 0 Å². The lowest BCUT2D eigenvalue weighted by atomic mass is 10.1. The first-order valence-electron chi connectivity index (χ1n) is 5.48. The summed E-state index contributed by atoms with van der Waals surface area (Å²) < 4.78 is 36.2. The van der Waals surface area contributed by atoms with E-state index in [0.717, 1.165) is 13.2 Å². The molecule has 0 aliphatic heterocycles. The molecule has 0 saturated carbocycles. The number of halogens is 2. The molecule has 1 unspecified atom stereocenters. The summed E-state index contributed by atoms with van der Waals surface area (Å²) >= 11 is 0. The lowest BCUT2D eigenvalue weighted by Crippen LogP contribution is -2.24. The van der Waals surface area contributed by atoms with Gasteiger partial charge in [0.05, 0.1) is 31.1 Å². The van der Waals surface area contributed by atoms with E-state index in [2.05, 4.69) is 10.1 Å². The number of esters is 1. The fourth-order valence-electron chi connectivity index (χ4n) is 1.43. The van der Waals surface area contributed by atoms with Gasteiger partial charge in [0.25, 0.3) is 0 Å². The van der Waals surface area contributed by atoms with Gasteiger partial charge in [-0.2, -0.15) is 0 Å². The average molecular weight is 275 g/mol. The van der Waals surface area contributed by atoms with E-state index in [-0.39, 0.29) is 18.8 Å². The highest BCUT2D eigenvalue weighted by molar-refractivity contribution is 5.90. The van der Waals surface area contributed by atoms with Gasteiger partial charge in [-0.1, -0.05) is 0 Å². The number of hydrogen-bond acceptors (Lipinski definition) is 5. The maximum atomic E-state index is 13.6. The number of hydrogen-bond donors (Lipinski definition) is 2. The average Bonchev–Trinajstić information content (AvgIpc) is 2.40. The number of rotatable bonds is 6. The normalized spacial score (nSPS) is 12.1. The largest absolute Gasteiger partial charge is 0.465 e. The molecule has 0 bridgehead atoms. The quantitative estimate of drug-likeness (QED) is 0.763. The summed E-state index contributed by atoms with van der Waals surface area (Å²) in [7, 11) is 2.49. The number of nitrogens with one attached hydrogen (secondary N) is 1. The molecule has 0 heterocycles. The molecule has 5 nitrogen and oxygen atoms in total. The molecular weight excluding hydrogens is 260 g/mol. The van der Waals surface area contributed by atoms with E-state index >= 15 is 0 Å². The van der Waals surface area contributed by atoms with Crippen LogP contribution < -0.4 is 5.32 Å². The second-order valence-corrected chi connectivity index (χ2v) is 3.77. The summed E-state index contributed by atoms with van der Waals surface area (Å²) in [4.78, 5) is 11.1. The lowest BCUT2D eigenvalue weighted by molar-refractivity contribution is 0.0594. The zero-order valence-corrected chi connectivity index (χ0v) is 10.6. The van der Waals surface area contributed by atoms with Crippen molar-refractivity contribution < 1.29 is 28.2 Å². The predicted molar refractivity (Wildman–Crippen MR) is 64.1 cm³/mol. The SMILES string of the molecule is COCC(O)CNc1ccc(C(=O)OC)c(F)c1F. The first-order chi connectivity index (χ1) is 9.01. The maximum absolute atomic E-state index is 13.6. The minimum absolute atomic E-state index is 0.0121. The number of ether oxygens (including phenoxy) is 2. The van der Waals surface area contributed by atoms with Gasteiger partial charge in [0.2, 0.25) is 0 Å². The minimum Gasteiger partial charge on any atom is -0.465 e. The summed E-state index contributed by atoms with van der Waals surface area (Å²) in [5, 5.41) is 11.9. The number of methoxy groups -OCH3 is 2. The van der Waals surface area contributed by atoms with Crippen molar-refractivity contribution >= 4 is 11.7 Å². The Morgan fingerprint density at radius 2 is 2.05 bits per heavy atom. The molecule has 0 aliphatic rings. The van der Waals surface area contributed by atoms with Gasteiger partial charge in [-0.25, -0.2) is 13.6 Å². The number of anilines is 1. The van der Waals surface area contributed by atoms with Crippen LogP contribution in [0.5, 0.6) is 0 Å². The molecule has 0 fully saturated rings. The highest BCUT2D eigenvalue weighted by Gasteiger charge is 2.19. The molecular formula is C12H15F2NO4. The standard InChI is InChI=1S/C12H15F2NO4/c1-18-6-7(16)5-15-9-4-3-8(12(17)19-2)10(13)11(9)14/h3-4,7,15-16H,5-6H2,1-2H3. The third kappa shape index (κ3) is 3.87. The number of carbonyl (C=O) groups excluding carboxylic acids is 1. The second kappa shape index (κ2) is 7.01.